The summed E-state index contributed by atoms with van der Waals surface area (Å²) in [7, 11) is -3.36. The predicted molar refractivity (Wildman–Crippen MR) is 43.9 cm³/mol. The van der Waals surface area contributed by atoms with Crippen LogP contribution in [0.3, 0.4) is 0 Å². The molecule has 0 saturated heterocycles. The molecule has 1 heterocycles. The highest BCUT2D eigenvalue weighted by atomic mass is 32.2. The first-order chi connectivity index (χ1) is 5.58. The van der Waals surface area contributed by atoms with Gasteiger partial charge in [-0.3, -0.25) is 4.18 Å². The van der Waals surface area contributed by atoms with Crippen molar-refractivity contribution in [1.29, 1.82) is 0 Å². The topological polar surface area (TPSA) is 52.6 Å². The quantitative estimate of drug-likeness (QED) is 0.606. The lowest BCUT2D eigenvalue weighted by Crippen LogP contribution is -2.18. The van der Waals surface area contributed by atoms with Crippen LogP contribution in [-0.2, 0) is 19.0 Å². The summed E-state index contributed by atoms with van der Waals surface area (Å²) in [4.78, 5) is 0. The third-order valence-electron chi connectivity index (χ3n) is 1.22. The van der Waals surface area contributed by atoms with E-state index >= 15 is 0 Å². The van der Waals surface area contributed by atoms with Crippen LogP contribution in [-0.4, -0.2) is 27.4 Å². The fraction of sp³-hybridized carbons (Fsp3) is 0.429. The van der Waals surface area contributed by atoms with Crippen LogP contribution in [0.25, 0.3) is 0 Å². The zero-order valence-corrected chi connectivity index (χ0v) is 7.45. The molecule has 0 N–H and O–H groups in total. The smallest absolute Gasteiger partial charge is 0.264 e. The number of hydrogen-bond acceptors (Lipinski definition) is 4. The first kappa shape index (κ1) is 9.28. The van der Waals surface area contributed by atoms with Crippen LogP contribution >= 0.6 is 0 Å². The molecule has 0 aromatic heterocycles. The van der Waals surface area contributed by atoms with Crippen LogP contribution in [0.5, 0.6) is 0 Å². The molecule has 0 aromatic rings. The highest BCUT2D eigenvalue weighted by molar-refractivity contribution is 7.85. The van der Waals surface area contributed by atoms with Crippen molar-refractivity contribution in [2.45, 2.75) is 6.10 Å². The van der Waals surface area contributed by atoms with Gasteiger partial charge >= 0.3 is 0 Å². The summed E-state index contributed by atoms with van der Waals surface area (Å²) in [5.74, 6) is 0. The minimum atomic E-state index is -3.36. The highest BCUT2D eigenvalue weighted by Crippen LogP contribution is 2.03. The molecule has 0 fully saturated rings. The van der Waals surface area contributed by atoms with Crippen molar-refractivity contribution in [3.63, 3.8) is 0 Å². The lowest BCUT2D eigenvalue weighted by atomic mass is 10.3. The second-order valence-electron chi connectivity index (χ2n) is 2.38. The maximum absolute atomic E-state index is 10.6. The van der Waals surface area contributed by atoms with Crippen molar-refractivity contribution in [3.8, 4) is 0 Å². The second kappa shape index (κ2) is 3.73. The molecule has 0 saturated carbocycles. The molecule has 12 heavy (non-hydrogen) atoms. The fourth-order valence-electron chi connectivity index (χ4n) is 0.711. The predicted octanol–water partition coefficient (Wildman–Crippen LogP) is 0.431. The monoisotopic (exact) mass is 190 g/mol. The average Bonchev–Trinajstić information content (AvgIpc) is 2.02. The SMILES string of the molecule is CS(=O)(=O)OCC1C=CC=CO1. The normalized spacial score (nSPS) is 22.2. The number of hydrogen-bond donors (Lipinski definition) is 0. The summed E-state index contributed by atoms with van der Waals surface area (Å²) in [6.45, 7) is 0.0275. The molecule has 0 aliphatic carbocycles. The molecule has 1 aliphatic heterocycles. The molecule has 1 rings (SSSR count). The lowest BCUT2D eigenvalue weighted by Gasteiger charge is -2.13. The molecular formula is C7H10O4S. The summed E-state index contributed by atoms with van der Waals surface area (Å²) in [5, 5.41) is 0. The van der Waals surface area contributed by atoms with Gasteiger partial charge in [0.2, 0.25) is 0 Å². The molecule has 4 nitrogen and oxygen atoms in total. The Hall–Kier alpha value is -0.810. The molecule has 1 unspecified atom stereocenters. The molecule has 0 aromatic carbocycles. The minimum absolute atomic E-state index is 0.0275. The van der Waals surface area contributed by atoms with Crippen LogP contribution in [0.2, 0.25) is 0 Å². The largest absolute Gasteiger partial charge is 0.491 e. The molecule has 0 amide bonds. The van der Waals surface area contributed by atoms with Gasteiger partial charge in [-0.05, 0) is 12.2 Å². The van der Waals surface area contributed by atoms with E-state index in [2.05, 4.69) is 4.18 Å². The Kier molecular flexibility index (Phi) is 2.88. The van der Waals surface area contributed by atoms with Gasteiger partial charge < -0.3 is 4.74 Å². The van der Waals surface area contributed by atoms with Crippen LogP contribution in [0.15, 0.2) is 24.5 Å². The van der Waals surface area contributed by atoms with Gasteiger partial charge in [-0.15, -0.1) is 0 Å². The molecular weight excluding hydrogens is 180 g/mol. The fourth-order valence-corrected chi connectivity index (χ4v) is 1.09. The van der Waals surface area contributed by atoms with Gasteiger partial charge in [0.15, 0.2) is 0 Å². The molecule has 0 bridgehead atoms. The Morgan fingerprint density at radius 3 is 2.75 bits per heavy atom. The van der Waals surface area contributed by atoms with E-state index < -0.39 is 10.1 Å². The Morgan fingerprint density at radius 2 is 2.25 bits per heavy atom. The van der Waals surface area contributed by atoms with Gasteiger partial charge in [0.1, 0.15) is 12.7 Å². The second-order valence-corrected chi connectivity index (χ2v) is 4.02. The van der Waals surface area contributed by atoms with Gasteiger partial charge in [0.05, 0.1) is 12.5 Å². The Balaban J connectivity index is 2.34. The molecule has 0 spiro atoms. The molecule has 0 radical (unpaired) electrons. The standard InChI is InChI=1S/C7H10O4S/c1-12(8,9)11-6-7-4-2-3-5-10-7/h2-5,7H,6H2,1H3. The van der Waals surface area contributed by atoms with Crippen LogP contribution in [0.4, 0.5) is 0 Å². The Labute approximate surface area is 71.6 Å². The summed E-state index contributed by atoms with van der Waals surface area (Å²) < 4.78 is 30.7. The maximum atomic E-state index is 10.6. The third kappa shape index (κ3) is 3.54. The van der Waals surface area contributed by atoms with Crippen molar-refractivity contribution in [3.05, 3.63) is 24.5 Å². The van der Waals surface area contributed by atoms with Crippen LogP contribution < -0.4 is 0 Å². The summed E-state index contributed by atoms with van der Waals surface area (Å²) >= 11 is 0. The average molecular weight is 190 g/mol. The van der Waals surface area contributed by atoms with Gasteiger partial charge in [0.25, 0.3) is 10.1 Å². The number of rotatable bonds is 3. The Morgan fingerprint density at radius 1 is 1.50 bits per heavy atom. The van der Waals surface area contributed by atoms with Crippen molar-refractivity contribution in [1.82, 2.24) is 0 Å². The van der Waals surface area contributed by atoms with E-state index in [-0.39, 0.29) is 12.7 Å². The maximum Gasteiger partial charge on any atom is 0.264 e. The van der Waals surface area contributed by atoms with E-state index in [0.29, 0.717) is 0 Å². The third-order valence-corrected chi connectivity index (χ3v) is 1.78. The first-order valence-electron chi connectivity index (χ1n) is 3.41. The van der Waals surface area contributed by atoms with E-state index in [1.165, 1.54) is 6.26 Å². The van der Waals surface area contributed by atoms with E-state index in [0.717, 1.165) is 6.26 Å². The minimum Gasteiger partial charge on any atom is -0.491 e. The lowest BCUT2D eigenvalue weighted by molar-refractivity contribution is 0.124. The van der Waals surface area contributed by atoms with Crippen molar-refractivity contribution < 1.29 is 17.3 Å². The van der Waals surface area contributed by atoms with E-state index in [1.54, 1.807) is 18.2 Å². The van der Waals surface area contributed by atoms with Crippen LogP contribution in [0, 0.1) is 0 Å². The van der Waals surface area contributed by atoms with E-state index in [9.17, 15) is 8.42 Å². The van der Waals surface area contributed by atoms with Crippen molar-refractivity contribution in [2.24, 2.45) is 0 Å². The molecule has 1 atom stereocenters. The van der Waals surface area contributed by atoms with Gasteiger partial charge in [-0.1, -0.05) is 6.08 Å². The summed E-state index contributed by atoms with van der Waals surface area (Å²) in [5.41, 5.74) is 0. The van der Waals surface area contributed by atoms with Crippen LogP contribution in [0.1, 0.15) is 0 Å². The summed E-state index contributed by atoms with van der Waals surface area (Å²) in [6.07, 6.45) is 7.43. The van der Waals surface area contributed by atoms with Gasteiger partial charge in [-0.25, -0.2) is 0 Å². The van der Waals surface area contributed by atoms with Gasteiger partial charge in [-0.2, -0.15) is 8.42 Å². The Bertz CT molecular complexity index is 289. The summed E-state index contributed by atoms with van der Waals surface area (Å²) in [6, 6.07) is 0. The zero-order valence-electron chi connectivity index (χ0n) is 6.64. The molecule has 5 heteroatoms. The molecule has 1 aliphatic rings. The van der Waals surface area contributed by atoms with E-state index in [1.807, 2.05) is 0 Å². The number of allylic oxidation sites excluding steroid dienone is 2. The van der Waals surface area contributed by atoms with Crippen molar-refractivity contribution in [2.75, 3.05) is 12.9 Å². The zero-order chi connectivity index (χ0) is 9.03. The number of ether oxygens (including phenoxy) is 1. The van der Waals surface area contributed by atoms with Gasteiger partial charge in [0, 0.05) is 0 Å². The molecule has 68 valence electrons. The highest BCUT2D eigenvalue weighted by Gasteiger charge is 2.10. The van der Waals surface area contributed by atoms with E-state index in [4.69, 9.17) is 4.74 Å². The van der Waals surface area contributed by atoms with Crippen molar-refractivity contribution >= 4 is 10.1 Å². The first-order valence-corrected chi connectivity index (χ1v) is 5.23.